The number of nitrogens with zero attached hydrogens (tertiary/aromatic N) is 6. The second-order valence-corrected chi connectivity index (χ2v) is 9.97. The SMILES string of the molecule is Cn1c(=O)n(-c2ccc(N3CCNCC3)c(C(F)(F)F)c2)c2c3cc(-c4cncnc4)ccc3ncc21.O=C(O)/C=C\C(=O)O. The van der Waals surface area contributed by atoms with Crippen LogP contribution in [0.4, 0.5) is 18.9 Å². The van der Waals surface area contributed by atoms with Gasteiger partial charge in [-0.05, 0) is 35.9 Å². The largest absolute Gasteiger partial charge is 0.478 e. The van der Waals surface area contributed by atoms with Crippen LogP contribution in [0.25, 0.3) is 38.8 Å². The highest BCUT2D eigenvalue weighted by Crippen LogP contribution is 2.39. The molecule has 0 spiro atoms. The van der Waals surface area contributed by atoms with E-state index in [9.17, 15) is 27.6 Å². The first-order valence-electron chi connectivity index (χ1n) is 13.5. The summed E-state index contributed by atoms with van der Waals surface area (Å²) in [5, 5.41) is 19.4. The number of anilines is 1. The summed E-state index contributed by atoms with van der Waals surface area (Å²) in [5.41, 5.74) is 2.21. The normalized spacial score (nSPS) is 13.6. The lowest BCUT2D eigenvalue weighted by atomic mass is 10.0. The quantitative estimate of drug-likeness (QED) is 0.249. The first kappa shape index (κ1) is 30.9. The van der Waals surface area contributed by atoms with Gasteiger partial charge in [-0.25, -0.2) is 24.4 Å². The number of alkyl halides is 3. The van der Waals surface area contributed by atoms with Gasteiger partial charge in [0.1, 0.15) is 6.33 Å². The molecule has 1 fully saturated rings. The number of imidazole rings is 1. The fourth-order valence-corrected chi connectivity index (χ4v) is 5.08. The summed E-state index contributed by atoms with van der Waals surface area (Å²) in [6.45, 7) is 2.16. The van der Waals surface area contributed by atoms with Crippen LogP contribution in [0.3, 0.4) is 0 Å². The van der Waals surface area contributed by atoms with E-state index in [1.807, 2.05) is 18.2 Å². The number of piperazine rings is 1. The maximum atomic E-state index is 14.3. The van der Waals surface area contributed by atoms with Gasteiger partial charge in [0, 0.05) is 74.4 Å². The average Bonchev–Trinajstić information content (AvgIpc) is 3.29. The van der Waals surface area contributed by atoms with E-state index in [1.54, 1.807) is 36.6 Å². The minimum absolute atomic E-state index is 0.115. The van der Waals surface area contributed by atoms with Crippen LogP contribution < -0.4 is 15.9 Å². The van der Waals surface area contributed by atoms with Crippen LogP contribution in [0.15, 0.2) is 78.3 Å². The molecule has 1 aliphatic rings. The fourth-order valence-electron chi connectivity index (χ4n) is 5.08. The maximum absolute atomic E-state index is 14.3. The Morgan fingerprint density at radius 3 is 2.22 bits per heavy atom. The number of nitrogens with one attached hydrogen (secondary N) is 1. The molecule has 1 aliphatic heterocycles. The molecule has 15 heteroatoms. The number of fused-ring (bicyclic) bond motifs is 3. The Morgan fingerprint density at radius 2 is 1.60 bits per heavy atom. The molecule has 0 bridgehead atoms. The van der Waals surface area contributed by atoms with E-state index in [0.29, 0.717) is 60.3 Å². The minimum atomic E-state index is -4.59. The van der Waals surface area contributed by atoms with Gasteiger partial charge in [-0.15, -0.1) is 0 Å². The number of hydrogen-bond acceptors (Lipinski definition) is 8. The topological polar surface area (TPSA) is 155 Å². The summed E-state index contributed by atoms with van der Waals surface area (Å²) in [6.07, 6.45) is 2.87. The van der Waals surface area contributed by atoms with Gasteiger partial charge < -0.3 is 20.4 Å². The molecule has 0 saturated carbocycles. The lowest BCUT2D eigenvalue weighted by Gasteiger charge is -2.31. The zero-order chi connectivity index (χ0) is 32.3. The molecule has 0 radical (unpaired) electrons. The van der Waals surface area contributed by atoms with E-state index in [-0.39, 0.29) is 11.4 Å². The van der Waals surface area contributed by atoms with E-state index >= 15 is 0 Å². The highest BCUT2D eigenvalue weighted by molar-refractivity contribution is 6.04. The molecule has 3 aromatic heterocycles. The number of carboxylic acids is 2. The Kier molecular flexibility index (Phi) is 8.63. The fraction of sp³-hybridized carbons (Fsp3) is 0.200. The molecule has 0 atom stereocenters. The number of aromatic nitrogens is 5. The zero-order valence-electron chi connectivity index (χ0n) is 23.7. The van der Waals surface area contributed by atoms with E-state index in [0.717, 1.165) is 17.2 Å². The van der Waals surface area contributed by atoms with Crippen LogP contribution in [0.2, 0.25) is 0 Å². The van der Waals surface area contributed by atoms with Gasteiger partial charge in [-0.1, -0.05) is 6.07 Å². The van der Waals surface area contributed by atoms with Crippen LogP contribution in [-0.2, 0) is 22.8 Å². The number of aliphatic carboxylic acids is 2. The van der Waals surface area contributed by atoms with Crippen LogP contribution in [0.1, 0.15) is 5.56 Å². The van der Waals surface area contributed by atoms with Gasteiger partial charge in [0.2, 0.25) is 0 Å². The number of aryl methyl sites for hydroxylation is 1. The van der Waals surface area contributed by atoms with Gasteiger partial charge in [-0.2, -0.15) is 13.2 Å². The molecule has 232 valence electrons. The standard InChI is InChI=1S/C26H22F3N7O.C4H4O4/c1-34-23-14-33-21-4-2-16(17-12-31-15-32-13-17)10-19(21)24(23)36(25(34)37)18-3-5-22(20(11-18)26(27,28)29)35-8-6-30-7-9-35;5-3(6)1-2-4(7)8/h2-5,10-15,30H,6-9H2,1H3;1-2H,(H,5,6)(H,7,8)/b;2-1-. The minimum Gasteiger partial charge on any atom is -0.478 e. The summed E-state index contributed by atoms with van der Waals surface area (Å²) in [5.74, 6) is -2.51. The van der Waals surface area contributed by atoms with Crippen molar-refractivity contribution in [1.82, 2.24) is 29.4 Å². The number of benzene rings is 2. The highest BCUT2D eigenvalue weighted by atomic mass is 19.4. The van der Waals surface area contributed by atoms with Crippen LogP contribution in [-0.4, -0.2) is 72.4 Å². The third-order valence-electron chi connectivity index (χ3n) is 7.15. The van der Waals surface area contributed by atoms with E-state index in [4.69, 9.17) is 10.2 Å². The van der Waals surface area contributed by atoms with Crippen molar-refractivity contribution in [1.29, 1.82) is 0 Å². The van der Waals surface area contributed by atoms with Gasteiger partial charge in [-0.3, -0.25) is 14.1 Å². The number of rotatable bonds is 5. The van der Waals surface area contributed by atoms with Crippen LogP contribution in [0, 0.1) is 0 Å². The van der Waals surface area contributed by atoms with Gasteiger partial charge in [0.25, 0.3) is 0 Å². The summed E-state index contributed by atoms with van der Waals surface area (Å²) < 4.78 is 45.5. The highest BCUT2D eigenvalue weighted by Gasteiger charge is 2.36. The van der Waals surface area contributed by atoms with E-state index in [2.05, 4.69) is 20.3 Å². The van der Waals surface area contributed by atoms with Crippen LogP contribution in [0.5, 0.6) is 0 Å². The molecule has 45 heavy (non-hydrogen) atoms. The Balaban J connectivity index is 0.000000444. The molecule has 6 rings (SSSR count). The lowest BCUT2D eigenvalue weighted by molar-refractivity contribution is -0.137. The van der Waals surface area contributed by atoms with Gasteiger partial charge in [0.05, 0.1) is 34.0 Å². The van der Waals surface area contributed by atoms with Gasteiger partial charge >= 0.3 is 23.8 Å². The number of pyridine rings is 1. The molecular formula is C30H26F3N7O5. The molecule has 5 aromatic rings. The van der Waals surface area contributed by atoms with E-state index in [1.165, 1.54) is 21.5 Å². The molecule has 2 aromatic carbocycles. The Hall–Kier alpha value is -5.57. The first-order valence-corrected chi connectivity index (χ1v) is 13.5. The van der Waals surface area contributed by atoms with Crippen molar-refractivity contribution in [3.8, 4) is 16.8 Å². The number of carbonyl (C=O) groups is 2. The lowest BCUT2D eigenvalue weighted by Crippen LogP contribution is -2.44. The van der Waals surface area contributed by atoms with Crippen molar-refractivity contribution in [2.45, 2.75) is 6.18 Å². The molecule has 0 aliphatic carbocycles. The van der Waals surface area contributed by atoms with Crippen molar-refractivity contribution < 1.29 is 33.0 Å². The molecule has 12 nitrogen and oxygen atoms in total. The molecule has 4 heterocycles. The van der Waals surface area contributed by atoms with Crippen molar-refractivity contribution in [2.24, 2.45) is 7.05 Å². The van der Waals surface area contributed by atoms with Crippen molar-refractivity contribution in [3.63, 3.8) is 0 Å². The maximum Gasteiger partial charge on any atom is 0.418 e. The Labute approximate surface area is 252 Å². The van der Waals surface area contributed by atoms with Gasteiger partial charge in [0.15, 0.2) is 0 Å². The van der Waals surface area contributed by atoms with E-state index < -0.39 is 29.4 Å². The third kappa shape index (κ3) is 6.52. The number of carboxylic acid groups (broad SMARTS) is 2. The number of hydrogen-bond donors (Lipinski definition) is 3. The molecule has 3 N–H and O–H groups in total. The Morgan fingerprint density at radius 1 is 0.933 bits per heavy atom. The first-order chi connectivity index (χ1) is 21.5. The predicted octanol–water partition coefficient (Wildman–Crippen LogP) is 3.47. The summed E-state index contributed by atoms with van der Waals surface area (Å²) in [6, 6.07) is 9.65. The third-order valence-corrected chi connectivity index (χ3v) is 7.15. The summed E-state index contributed by atoms with van der Waals surface area (Å²) in [4.78, 5) is 46.9. The molecule has 1 saturated heterocycles. The second kappa shape index (κ2) is 12.6. The van der Waals surface area contributed by atoms with Crippen molar-refractivity contribution in [3.05, 3.63) is 89.5 Å². The summed E-state index contributed by atoms with van der Waals surface area (Å²) in [7, 11) is 1.59. The molecule has 0 amide bonds. The monoisotopic (exact) mass is 621 g/mol. The summed E-state index contributed by atoms with van der Waals surface area (Å²) >= 11 is 0. The number of halogens is 3. The molecular weight excluding hydrogens is 595 g/mol. The van der Waals surface area contributed by atoms with Crippen molar-refractivity contribution in [2.75, 3.05) is 31.1 Å². The second-order valence-electron chi connectivity index (χ2n) is 9.97. The smallest absolute Gasteiger partial charge is 0.418 e. The van der Waals surface area contributed by atoms with Crippen molar-refractivity contribution >= 4 is 39.6 Å². The molecule has 0 unspecified atom stereocenters. The van der Waals surface area contributed by atoms with Crippen LogP contribution >= 0.6 is 0 Å². The average molecular weight is 622 g/mol. The predicted molar refractivity (Wildman–Crippen MR) is 159 cm³/mol. The zero-order valence-corrected chi connectivity index (χ0v) is 23.7. The Bertz CT molecular complexity index is 1970.